The summed E-state index contributed by atoms with van der Waals surface area (Å²) in [6, 6.07) is 5.51. The fourth-order valence-corrected chi connectivity index (χ4v) is 3.40. The average molecular weight is 397 g/mol. The van der Waals surface area contributed by atoms with Crippen molar-refractivity contribution in [3.63, 3.8) is 0 Å². The van der Waals surface area contributed by atoms with Crippen LogP contribution in [0, 0.1) is 18.8 Å². The third-order valence-electron chi connectivity index (χ3n) is 4.28. The van der Waals surface area contributed by atoms with Gasteiger partial charge >= 0.3 is 5.97 Å². The normalized spacial score (nSPS) is 20.2. The third kappa shape index (κ3) is 5.06. The van der Waals surface area contributed by atoms with Gasteiger partial charge in [-0.15, -0.1) is 0 Å². The number of carboxylic acid groups (broad SMARTS) is 1. The van der Waals surface area contributed by atoms with Crippen molar-refractivity contribution in [3.8, 4) is 0 Å². The Kier molecular flexibility index (Phi) is 6.36. The van der Waals surface area contributed by atoms with Crippen LogP contribution in [0.5, 0.6) is 0 Å². The smallest absolute Gasteiger partial charge is 0.306 e. The van der Waals surface area contributed by atoms with E-state index in [1.807, 2.05) is 19.1 Å². The number of hydrogen-bond acceptors (Lipinski definition) is 3. The lowest BCUT2D eigenvalue weighted by Gasteiger charge is -2.25. The van der Waals surface area contributed by atoms with Crippen LogP contribution in [0.25, 0.3) is 0 Å². The molecule has 1 aromatic carbocycles. The predicted octanol–water partition coefficient (Wildman–Crippen LogP) is 2.70. The Bertz CT molecular complexity index is 647. The predicted molar refractivity (Wildman–Crippen MR) is 93.6 cm³/mol. The van der Waals surface area contributed by atoms with E-state index in [0.29, 0.717) is 24.9 Å². The molecule has 1 saturated carbocycles. The number of halogens is 1. The van der Waals surface area contributed by atoms with Crippen LogP contribution in [0.2, 0.25) is 0 Å². The first-order chi connectivity index (χ1) is 11.4. The molecule has 1 aromatic rings. The number of carboxylic acids is 1. The van der Waals surface area contributed by atoms with Crippen molar-refractivity contribution < 1.29 is 19.5 Å². The maximum absolute atomic E-state index is 12.1. The van der Waals surface area contributed by atoms with Gasteiger partial charge in [0.25, 0.3) is 0 Å². The van der Waals surface area contributed by atoms with Gasteiger partial charge in [-0.3, -0.25) is 14.4 Å². The Morgan fingerprint density at radius 1 is 1.25 bits per heavy atom. The van der Waals surface area contributed by atoms with E-state index in [1.54, 1.807) is 6.07 Å². The molecule has 2 unspecified atom stereocenters. The molecule has 7 heteroatoms. The van der Waals surface area contributed by atoms with Crippen molar-refractivity contribution in [2.24, 2.45) is 11.8 Å². The molecule has 2 amide bonds. The van der Waals surface area contributed by atoms with Gasteiger partial charge in [0.15, 0.2) is 0 Å². The second-order valence-corrected chi connectivity index (χ2v) is 7.04. The van der Waals surface area contributed by atoms with Crippen molar-refractivity contribution in [3.05, 3.63) is 28.2 Å². The summed E-state index contributed by atoms with van der Waals surface area (Å²) < 4.78 is 0.927. The molecule has 0 aliphatic heterocycles. The molecule has 3 N–H and O–H groups in total. The summed E-state index contributed by atoms with van der Waals surface area (Å²) in [6.45, 7) is 1.76. The number of carbonyl (C=O) groups excluding carboxylic acids is 2. The number of benzene rings is 1. The lowest BCUT2D eigenvalue weighted by molar-refractivity contribution is -0.144. The van der Waals surface area contributed by atoms with E-state index in [4.69, 9.17) is 5.11 Å². The Morgan fingerprint density at radius 3 is 2.62 bits per heavy atom. The van der Waals surface area contributed by atoms with Crippen LogP contribution in [0.15, 0.2) is 22.7 Å². The number of amides is 2. The first kappa shape index (κ1) is 18.4. The minimum Gasteiger partial charge on any atom is -0.481 e. The molecule has 130 valence electrons. The molecular weight excluding hydrogens is 376 g/mol. The summed E-state index contributed by atoms with van der Waals surface area (Å²) in [6.07, 6.45) is 2.35. The molecule has 0 radical (unpaired) electrons. The molecule has 0 saturated heterocycles. The van der Waals surface area contributed by atoms with Gasteiger partial charge in [-0.2, -0.15) is 0 Å². The van der Waals surface area contributed by atoms with E-state index in [9.17, 15) is 14.4 Å². The molecule has 0 aromatic heterocycles. The fraction of sp³-hybridized carbons (Fsp3) is 0.471. The van der Waals surface area contributed by atoms with Crippen LogP contribution < -0.4 is 10.6 Å². The molecule has 2 atom stereocenters. The van der Waals surface area contributed by atoms with Gasteiger partial charge in [-0.1, -0.05) is 22.4 Å². The van der Waals surface area contributed by atoms with Gasteiger partial charge in [0, 0.05) is 16.1 Å². The zero-order valence-electron chi connectivity index (χ0n) is 13.5. The van der Waals surface area contributed by atoms with E-state index in [-0.39, 0.29) is 24.3 Å². The highest BCUT2D eigenvalue weighted by atomic mass is 79.9. The van der Waals surface area contributed by atoms with Crippen molar-refractivity contribution in [1.82, 2.24) is 5.32 Å². The zero-order valence-corrected chi connectivity index (χ0v) is 15.1. The molecule has 24 heavy (non-hydrogen) atoms. The van der Waals surface area contributed by atoms with Gasteiger partial charge < -0.3 is 15.7 Å². The molecule has 0 bridgehead atoms. The van der Waals surface area contributed by atoms with Crippen molar-refractivity contribution in [1.29, 1.82) is 0 Å². The summed E-state index contributed by atoms with van der Waals surface area (Å²) in [5.74, 6) is -2.20. The third-order valence-corrected chi connectivity index (χ3v) is 4.77. The van der Waals surface area contributed by atoms with E-state index in [1.165, 1.54) is 0 Å². The van der Waals surface area contributed by atoms with Crippen LogP contribution in [-0.2, 0) is 14.4 Å². The Labute approximate surface area is 149 Å². The maximum atomic E-state index is 12.1. The molecular formula is C17H21BrN2O4. The first-order valence-electron chi connectivity index (χ1n) is 7.93. The number of aryl methyl sites for hydroxylation is 1. The van der Waals surface area contributed by atoms with Crippen molar-refractivity contribution >= 4 is 39.4 Å². The van der Waals surface area contributed by atoms with Crippen molar-refractivity contribution in [2.45, 2.75) is 32.6 Å². The first-order valence-corrected chi connectivity index (χ1v) is 8.72. The number of hydrogen-bond donors (Lipinski definition) is 3. The SMILES string of the molecule is Cc1cc(Br)ccc1NC(=O)CNC(=O)C1CCCC(C(=O)O)C1. The topological polar surface area (TPSA) is 95.5 Å². The van der Waals surface area contributed by atoms with Crippen LogP contribution in [0.4, 0.5) is 5.69 Å². The van der Waals surface area contributed by atoms with Gasteiger partial charge in [-0.05, 0) is 49.9 Å². The molecule has 1 aliphatic rings. The summed E-state index contributed by atoms with van der Waals surface area (Å²) >= 11 is 3.36. The quantitative estimate of drug-likeness (QED) is 0.712. The van der Waals surface area contributed by atoms with Gasteiger partial charge in [0.1, 0.15) is 0 Å². The minimum absolute atomic E-state index is 0.122. The van der Waals surface area contributed by atoms with Gasteiger partial charge in [-0.25, -0.2) is 0 Å². The van der Waals surface area contributed by atoms with Crippen LogP contribution in [0.3, 0.4) is 0 Å². The summed E-state index contributed by atoms with van der Waals surface area (Å²) in [7, 11) is 0. The molecule has 2 rings (SSSR count). The largest absolute Gasteiger partial charge is 0.481 e. The Hall–Kier alpha value is -1.89. The van der Waals surface area contributed by atoms with Gasteiger partial charge in [0.2, 0.25) is 11.8 Å². The number of nitrogens with one attached hydrogen (secondary N) is 2. The van der Waals surface area contributed by atoms with E-state index in [2.05, 4.69) is 26.6 Å². The highest BCUT2D eigenvalue weighted by Gasteiger charge is 2.31. The molecule has 6 nitrogen and oxygen atoms in total. The molecule has 0 spiro atoms. The van der Waals surface area contributed by atoms with Crippen LogP contribution in [-0.4, -0.2) is 29.4 Å². The number of carbonyl (C=O) groups is 3. The monoisotopic (exact) mass is 396 g/mol. The maximum Gasteiger partial charge on any atom is 0.306 e. The summed E-state index contributed by atoms with van der Waals surface area (Å²) in [4.78, 5) is 35.2. The fourth-order valence-electron chi connectivity index (χ4n) is 2.93. The van der Waals surface area contributed by atoms with Crippen LogP contribution in [0.1, 0.15) is 31.2 Å². The number of aliphatic carboxylic acids is 1. The van der Waals surface area contributed by atoms with E-state index in [0.717, 1.165) is 16.5 Å². The zero-order chi connectivity index (χ0) is 17.7. The highest BCUT2D eigenvalue weighted by Crippen LogP contribution is 2.29. The highest BCUT2D eigenvalue weighted by molar-refractivity contribution is 9.10. The Morgan fingerprint density at radius 2 is 1.96 bits per heavy atom. The standard InChI is InChI=1S/C17H21BrN2O4/c1-10-7-13(18)5-6-14(10)20-15(21)9-19-16(22)11-3-2-4-12(8-11)17(23)24/h5-7,11-12H,2-4,8-9H2,1H3,(H,19,22)(H,20,21)(H,23,24). The van der Waals surface area contributed by atoms with E-state index < -0.39 is 11.9 Å². The Balaban J connectivity index is 1.82. The number of anilines is 1. The number of rotatable bonds is 5. The van der Waals surface area contributed by atoms with E-state index >= 15 is 0 Å². The molecule has 1 fully saturated rings. The minimum atomic E-state index is -0.851. The lowest BCUT2D eigenvalue weighted by atomic mass is 9.81. The second kappa shape index (κ2) is 8.28. The second-order valence-electron chi connectivity index (χ2n) is 6.12. The summed E-state index contributed by atoms with van der Waals surface area (Å²) in [5, 5.41) is 14.4. The van der Waals surface area contributed by atoms with Crippen molar-refractivity contribution in [2.75, 3.05) is 11.9 Å². The summed E-state index contributed by atoms with van der Waals surface area (Å²) in [5.41, 5.74) is 1.61. The molecule has 1 aliphatic carbocycles. The van der Waals surface area contributed by atoms with Gasteiger partial charge in [0.05, 0.1) is 12.5 Å². The molecule has 0 heterocycles. The van der Waals surface area contributed by atoms with Crippen LogP contribution >= 0.6 is 15.9 Å². The average Bonchev–Trinajstić information content (AvgIpc) is 2.55. The lowest BCUT2D eigenvalue weighted by Crippen LogP contribution is -2.39.